The topological polar surface area (TPSA) is 63.6 Å². The van der Waals surface area contributed by atoms with Crippen molar-refractivity contribution in [1.82, 2.24) is 0 Å². The molecule has 0 saturated carbocycles. The van der Waals surface area contributed by atoms with Crippen LogP contribution < -0.4 is 0 Å². The molecule has 4 heteroatoms. The molecule has 152 valence electrons. The summed E-state index contributed by atoms with van der Waals surface area (Å²) in [6.07, 6.45) is 12.6. The molecule has 0 radical (unpaired) electrons. The number of ketones is 2. The molecule has 0 aromatic heterocycles. The number of methoxy groups -OCH3 is 1. The van der Waals surface area contributed by atoms with E-state index in [2.05, 4.69) is 19.9 Å². The number of rotatable bonds is 13. The Morgan fingerprint density at radius 1 is 1.11 bits per heavy atom. The lowest BCUT2D eigenvalue weighted by Gasteiger charge is -2.24. The van der Waals surface area contributed by atoms with Crippen LogP contribution >= 0.6 is 0 Å². The smallest absolute Gasteiger partial charge is 0.167 e. The van der Waals surface area contributed by atoms with Crippen LogP contribution in [-0.2, 0) is 14.3 Å². The molecular weight excluding hydrogens is 340 g/mol. The third-order valence-electron chi connectivity index (χ3n) is 4.55. The van der Waals surface area contributed by atoms with Crippen LogP contribution in [0.25, 0.3) is 0 Å². The Hall–Kier alpha value is -1.78. The summed E-state index contributed by atoms with van der Waals surface area (Å²) >= 11 is 0. The predicted octanol–water partition coefficient (Wildman–Crippen LogP) is 4.74. The minimum absolute atomic E-state index is 0.0105. The monoisotopic (exact) mass is 376 g/mol. The molecule has 27 heavy (non-hydrogen) atoms. The van der Waals surface area contributed by atoms with Gasteiger partial charge in [0.05, 0.1) is 0 Å². The van der Waals surface area contributed by atoms with Gasteiger partial charge in [-0.1, -0.05) is 55.9 Å². The second kappa shape index (κ2) is 14.3. The van der Waals surface area contributed by atoms with Gasteiger partial charge in [-0.15, -0.1) is 0 Å². The normalized spacial score (nSPS) is 16.7. The van der Waals surface area contributed by atoms with Crippen molar-refractivity contribution in [3.05, 3.63) is 47.6 Å². The van der Waals surface area contributed by atoms with Gasteiger partial charge in [0.15, 0.2) is 5.78 Å². The van der Waals surface area contributed by atoms with Crippen LogP contribution in [0.4, 0.5) is 0 Å². The molecule has 0 aliphatic heterocycles. The van der Waals surface area contributed by atoms with E-state index in [0.29, 0.717) is 12.0 Å². The summed E-state index contributed by atoms with van der Waals surface area (Å²) in [5.74, 6) is -0.330. The van der Waals surface area contributed by atoms with E-state index in [4.69, 9.17) is 4.74 Å². The lowest BCUT2D eigenvalue weighted by Crippen LogP contribution is -2.39. The van der Waals surface area contributed by atoms with Crippen LogP contribution in [0.1, 0.15) is 60.3 Å². The highest BCUT2D eigenvalue weighted by molar-refractivity contribution is 5.86. The standard InChI is InChI=1S/C23H36O4/c1-7-17(2)13-11-9-8-10-12-14-18(3)21(25)23(27-6)22(26)19(4)15-16-20(5)24/h8-11,13,15,18,22-23,26H,7,12,14,16H2,1-6H3/b10-8+,11-9+,17-13+,19-15+/t18?,22?,23-/m0/s1. The molecule has 0 aromatic rings. The fourth-order valence-corrected chi connectivity index (χ4v) is 2.41. The fraction of sp³-hybridized carbons (Fsp3) is 0.565. The highest BCUT2D eigenvalue weighted by atomic mass is 16.5. The Bertz CT molecular complexity index is 581. The Labute approximate surface area is 164 Å². The molecule has 0 bridgehead atoms. The summed E-state index contributed by atoms with van der Waals surface area (Å²) in [7, 11) is 1.42. The number of carbonyl (C=O) groups excluding carboxylic acids is 2. The zero-order valence-corrected chi connectivity index (χ0v) is 17.7. The lowest BCUT2D eigenvalue weighted by molar-refractivity contribution is -0.137. The number of allylic oxidation sites excluding steroid dienone is 7. The Kier molecular flexibility index (Phi) is 13.4. The second-order valence-electron chi connectivity index (χ2n) is 7.02. The third-order valence-corrected chi connectivity index (χ3v) is 4.55. The summed E-state index contributed by atoms with van der Waals surface area (Å²) in [5.41, 5.74) is 1.91. The molecule has 1 N–H and O–H groups in total. The molecule has 0 aliphatic rings. The van der Waals surface area contributed by atoms with Gasteiger partial charge in [-0.2, -0.15) is 0 Å². The van der Waals surface area contributed by atoms with Gasteiger partial charge < -0.3 is 9.84 Å². The maximum atomic E-state index is 12.6. The maximum absolute atomic E-state index is 12.6. The molecule has 0 heterocycles. The minimum Gasteiger partial charge on any atom is -0.386 e. The van der Waals surface area contributed by atoms with Crippen LogP contribution in [-0.4, -0.2) is 36.0 Å². The van der Waals surface area contributed by atoms with Gasteiger partial charge >= 0.3 is 0 Å². The van der Waals surface area contributed by atoms with Gasteiger partial charge in [0.1, 0.15) is 18.0 Å². The number of carbonyl (C=O) groups is 2. The van der Waals surface area contributed by atoms with E-state index in [1.54, 1.807) is 13.0 Å². The van der Waals surface area contributed by atoms with E-state index in [0.717, 1.165) is 12.8 Å². The van der Waals surface area contributed by atoms with Crippen LogP contribution in [0, 0.1) is 5.92 Å². The second-order valence-corrected chi connectivity index (χ2v) is 7.02. The highest BCUT2D eigenvalue weighted by Crippen LogP contribution is 2.18. The van der Waals surface area contributed by atoms with E-state index >= 15 is 0 Å². The molecule has 0 spiro atoms. The molecule has 0 aliphatic carbocycles. The fourth-order valence-electron chi connectivity index (χ4n) is 2.41. The molecule has 4 nitrogen and oxygen atoms in total. The van der Waals surface area contributed by atoms with Gasteiger partial charge in [-0.3, -0.25) is 9.59 Å². The third kappa shape index (κ3) is 10.8. The van der Waals surface area contributed by atoms with E-state index < -0.39 is 12.2 Å². The molecule has 2 unspecified atom stereocenters. The van der Waals surface area contributed by atoms with Crippen molar-refractivity contribution in [3.8, 4) is 0 Å². The molecular formula is C23H36O4. The van der Waals surface area contributed by atoms with Gasteiger partial charge in [-0.05, 0) is 45.6 Å². The van der Waals surface area contributed by atoms with Crippen molar-refractivity contribution in [2.45, 2.75) is 72.5 Å². The SMILES string of the molecule is CC/C(C)=C/C=C/C=C/CCC(C)C(=O)[C@H](OC)C(O)/C(C)=C/CC(C)=O. The number of hydrogen-bond donors (Lipinski definition) is 1. The van der Waals surface area contributed by atoms with Crippen molar-refractivity contribution in [1.29, 1.82) is 0 Å². The van der Waals surface area contributed by atoms with Gasteiger partial charge in [-0.25, -0.2) is 0 Å². The van der Waals surface area contributed by atoms with Crippen LogP contribution in [0.3, 0.4) is 0 Å². The van der Waals surface area contributed by atoms with E-state index in [9.17, 15) is 14.7 Å². The average molecular weight is 377 g/mol. The predicted molar refractivity (Wildman–Crippen MR) is 112 cm³/mol. The number of hydrogen-bond acceptors (Lipinski definition) is 4. The summed E-state index contributed by atoms with van der Waals surface area (Å²) < 4.78 is 5.25. The first-order valence-electron chi connectivity index (χ1n) is 9.64. The van der Waals surface area contributed by atoms with E-state index in [-0.39, 0.29) is 23.9 Å². The molecule has 0 fully saturated rings. The first kappa shape index (κ1) is 25.2. The number of Topliss-reactive ketones (excluding diaryl/α,β-unsaturated/α-hetero) is 2. The molecule has 3 atom stereocenters. The van der Waals surface area contributed by atoms with Crippen molar-refractivity contribution >= 4 is 11.6 Å². The number of aliphatic hydroxyl groups is 1. The van der Waals surface area contributed by atoms with Crippen molar-refractivity contribution < 1.29 is 19.4 Å². The minimum atomic E-state index is -1.03. The summed E-state index contributed by atoms with van der Waals surface area (Å²) in [5, 5.41) is 10.4. The summed E-state index contributed by atoms with van der Waals surface area (Å²) in [4.78, 5) is 23.7. The summed E-state index contributed by atoms with van der Waals surface area (Å²) in [6, 6.07) is 0. The van der Waals surface area contributed by atoms with Crippen LogP contribution in [0.5, 0.6) is 0 Å². The van der Waals surface area contributed by atoms with Crippen molar-refractivity contribution in [3.63, 3.8) is 0 Å². The zero-order chi connectivity index (χ0) is 20.8. The van der Waals surface area contributed by atoms with Gasteiger partial charge in [0, 0.05) is 19.4 Å². The lowest BCUT2D eigenvalue weighted by atomic mass is 9.91. The number of ether oxygens (including phenoxy) is 1. The molecule has 0 amide bonds. The van der Waals surface area contributed by atoms with E-state index in [1.165, 1.54) is 19.6 Å². The quantitative estimate of drug-likeness (QED) is 0.372. The molecule has 0 aromatic carbocycles. The van der Waals surface area contributed by atoms with Crippen molar-refractivity contribution in [2.24, 2.45) is 5.92 Å². The maximum Gasteiger partial charge on any atom is 0.167 e. The average Bonchev–Trinajstić information content (AvgIpc) is 2.64. The van der Waals surface area contributed by atoms with Crippen LogP contribution in [0.2, 0.25) is 0 Å². The first-order chi connectivity index (χ1) is 12.7. The number of aliphatic hydroxyl groups excluding tert-OH is 1. The van der Waals surface area contributed by atoms with Gasteiger partial charge in [0.25, 0.3) is 0 Å². The van der Waals surface area contributed by atoms with Crippen LogP contribution in [0.15, 0.2) is 47.6 Å². The zero-order valence-electron chi connectivity index (χ0n) is 17.7. The Morgan fingerprint density at radius 2 is 1.78 bits per heavy atom. The Morgan fingerprint density at radius 3 is 2.33 bits per heavy atom. The Balaban J connectivity index is 4.62. The highest BCUT2D eigenvalue weighted by Gasteiger charge is 2.30. The van der Waals surface area contributed by atoms with Crippen molar-refractivity contribution in [2.75, 3.05) is 7.11 Å². The largest absolute Gasteiger partial charge is 0.386 e. The van der Waals surface area contributed by atoms with Gasteiger partial charge in [0.2, 0.25) is 0 Å². The first-order valence-corrected chi connectivity index (χ1v) is 9.64. The molecule has 0 rings (SSSR count). The molecule has 0 saturated heterocycles. The van der Waals surface area contributed by atoms with E-state index in [1.807, 2.05) is 31.2 Å². The summed E-state index contributed by atoms with van der Waals surface area (Å²) in [6.45, 7) is 9.27.